The molecule has 164 valence electrons. The van der Waals surface area contributed by atoms with Crippen molar-refractivity contribution < 1.29 is 9.53 Å². The Morgan fingerprint density at radius 2 is 1.80 bits per heavy atom. The lowest BCUT2D eigenvalue weighted by Crippen LogP contribution is -2.50. The lowest BCUT2D eigenvalue weighted by atomic mass is 9.58. The maximum atomic E-state index is 12.3. The standard InChI is InChI=1S/C25H35ClN2O2/c1-24(2,3)30-23(29)28-15-13-27(14-16-28)18-20-9-12-25(10-4-11-25)17-22(20)19-5-7-21(26)8-6-19/h5-9,22H,4,10-18H2,1-3H3. The van der Waals surface area contributed by atoms with Crippen LogP contribution in [0.3, 0.4) is 0 Å². The van der Waals surface area contributed by atoms with Gasteiger partial charge in [0.2, 0.25) is 0 Å². The Morgan fingerprint density at radius 1 is 1.13 bits per heavy atom. The van der Waals surface area contributed by atoms with Crippen molar-refractivity contribution in [3.63, 3.8) is 0 Å². The molecule has 1 spiro atoms. The van der Waals surface area contributed by atoms with E-state index in [0.717, 1.165) is 37.7 Å². The van der Waals surface area contributed by atoms with E-state index in [4.69, 9.17) is 16.3 Å². The Bertz CT molecular complexity index is 784. The van der Waals surface area contributed by atoms with E-state index in [0.29, 0.717) is 11.3 Å². The average Bonchev–Trinajstić information content (AvgIpc) is 2.67. The molecule has 0 aromatic heterocycles. The van der Waals surface area contributed by atoms with E-state index in [1.807, 2.05) is 37.8 Å². The maximum Gasteiger partial charge on any atom is 0.410 e. The summed E-state index contributed by atoms with van der Waals surface area (Å²) in [6.45, 7) is 10.0. The highest BCUT2D eigenvalue weighted by molar-refractivity contribution is 6.30. The van der Waals surface area contributed by atoms with E-state index in [1.54, 1.807) is 5.57 Å². The van der Waals surface area contributed by atoms with Gasteiger partial charge in [0, 0.05) is 43.7 Å². The number of ether oxygens (including phenoxy) is 1. The third kappa shape index (κ3) is 5.03. The first kappa shape index (κ1) is 21.7. The molecule has 1 saturated carbocycles. The molecule has 1 aromatic carbocycles. The summed E-state index contributed by atoms with van der Waals surface area (Å²) in [6.07, 6.45) is 8.95. The molecule has 0 radical (unpaired) electrons. The average molecular weight is 431 g/mol. The zero-order valence-corrected chi connectivity index (χ0v) is 19.4. The van der Waals surface area contributed by atoms with Crippen molar-refractivity contribution >= 4 is 17.7 Å². The summed E-state index contributed by atoms with van der Waals surface area (Å²) in [4.78, 5) is 16.7. The number of amides is 1. The summed E-state index contributed by atoms with van der Waals surface area (Å²) in [5, 5.41) is 0.803. The zero-order chi connectivity index (χ0) is 21.4. The molecule has 3 aliphatic rings. The Labute approximate surface area is 186 Å². The quantitative estimate of drug-likeness (QED) is 0.562. The zero-order valence-electron chi connectivity index (χ0n) is 18.6. The van der Waals surface area contributed by atoms with Gasteiger partial charge in [-0.15, -0.1) is 0 Å². The first-order valence-corrected chi connectivity index (χ1v) is 11.8. The van der Waals surface area contributed by atoms with Gasteiger partial charge in [0.05, 0.1) is 0 Å². The first-order chi connectivity index (χ1) is 14.2. The summed E-state index contributed by atoms with van der Waals surface area (Å²) in [6, 6.07) is 8.46. The fourth-order valence-electron chi connectivity index (χ4n) is 5.10. The highest BCUT2D eigenvalue weighted by Gasteiger charge is 2.42. The van der Waals surface area contributed by atoms with Crippen molar-refractivity contribution in [2.45, 2.75) is 64.4 Å². The molecule has 1 aromatic rings. The molecule has 1 atom stereocenters. The van der Waals surface area contributed by atoms with Crippen molar-refractivity contribution in [1.29, 1.82) is 0 Å². The number of carbonyl (C=O) groups is 1. The predicted octanol–water partition coefficient (Wildman–Crippen LogP) is 5.87. The number of benzene rings is 1. The number of hydrogen-bond acceptors (Lipinski definition) is 3. The van der Waals surface area contributed by atoms with Gasteiger partial charge >= 0.3 is 6.09 Å². The molecule has 2 fully saturated rings. The summed E-state index contributed by atoms with van der Waals surface area (Å²) < 4.78 is 5.53. The molecule has 1 saturated heterocycles. The van der Waals surface area contributed by atoms with Crippen LogP contribution in [0, 0.1) is 5.41 Å². The van der Waals surface area contributed by atoms with Crippen LogP contribution in [0.15, 0.2) is 35.9 Å². The fourth-order valence-corrected chi connectivity index (χ4v) is 5.22. The minimum atomic E-state index is -0.440. The number of hydrogen-bond donors (Lipinski definition) is 0. The molecule has 4 rings (SSSR count). The third-order valence-corrected chi connectivity index (χ3v) is 7.25. The second-order valence-corrected chi connectivity index (χ2v) is 10.8. The topological polar surface area (TPSA) is 32.8 Å². The molecule has 0 bridgehead atoms. The summed E-state index contributed by atoms with van der Waals surface area (Å²) >= 11 is 6.15. The minimum absolute atomic E-state index is 0.190. The molecule has 0 N–H and O–H groups in total. The van der Waals surface area contributed by atoms with Gasteiger partial charge < -0.3 is 9.64 Å². The van der Waals surface area contributed by atoms with E-state index in [1.165, 1.54) is 37.7 Å². The molecular formula is C25H35ClN2O2. The van der Waals surface area contributed by atoms with E-state index < -0.39 is 5.60 Å². The molecule has 2 aliphatic carbocycles. The van der Waals surface area contributed by atoms with Crippen LogP contribution in [-0.2, 0) is 4.74 Å². The van der Waals surface area contributed by atoms with Crippen LogP contribution in [0.5, 0.6) is 0 Å². The van der Waals surface area contributed by atoms with Crippen LogP contribution in [0.4, 0.5) is 4.79 Å². The maximum absolute atomic E-state index is 12.3. The molecule has 30 heavy (non-hydrogen) atoms. The number of allylic oxidation sites excluding steroid dienone is 1. The van der Waals surface area contributed by atoms with E-state index in [-0.39, 0.29) is 6.09 Å². The van der Waals surface area contributed by atoms with Gasteiger partial charge in [-0.1, -0.05) is 41.8 Å². The smallest absolute Gasteiger partial charge is 0.410 e. The van der Waals surface area contributed by atoms with Gasteiger partial charge in [-0.3, -0.25) is 4.90 Å². The molecule has 1 amide bonds. The molecule has 5 heteroatoms. The second kappa shape index (κ2) is 8.55. The van der Waals surface area contributed by atoms with Crippen molar-refractivity contribution in [3.05, 3.63) is 46.5 Å². The Balaban J connectivity index is 1.40. The van der Waals surface area contributed by atoms with Crippen molar-refractivity contribution in [2.75, 3.05) is 32.7 Å². The van der Waals surface area contributed by atoms with Crippen molar-refractivity contribution in [2.24, 2.45) is 5.41 Å². The number of rotatable bonds is 3. The Hall–Kier alpha value is -1.52. The van der Waals surface area contributed by atoms with Crippen LogP contribution >= 0.6 is 11.6 Å². The van der Waals surface area contributed by atoms with E-state index in [2.05, 4.69) is 23.1 Å². The summed E-state index contributed by atoms with van der Waals surface area (Å²) in [5.74, 6) is 0.486. The van der Waals surface area contributed by atoms with Gasteiger partial charge in [-0.05, 0) is 69.6 Å². The number of piperazine rings is 1. The Kier molecular flexibility index (Phi) is 6.18. The van der Waals surface area contributed by atoms with Gasteiger partial charge in [0.1, 0.15) is 5.60 Å². The van der Waals surface area contributed by atoms with Gasteiger partial charge in [0.25, 0.3) is 0 Å². The number of nitrogens with zero attached hydrogens (tertiary/aromatic N) is 2. The SMILES string of the molecule is CC(C)(C)OC(=O)N1CCN(CC2=CCC3(CCC3)CC2c2ccc(Cl)cc2)CC1. The fraction of sp³-hybridized carbons (Fsp3) is 0.640. The monoisotopic (exact) mass is 430 g/mol. The largest absolute Gasteiger partial charge is 0.444 e. The van der Waals surface area contributed by atoms with Crippen LogP contribution in [0.1, 0.15) is 64.4 Å². The third-order valence-electron chi connectivity index (χ3n) is 7.00. The van der Waals surface area contributed by atoms with E-state index >= 15 is 0 Å². The normalized spacial score (nSPS) is 24.3. The minimum Gasteiger partial charge on any atom is -0.444 e. The summed E-state index contributed by atoms with van der Waals surface area (Å²) in [5.41, 5.74) is 3.03. The van der Waals surface area contributed by atoms with Crippen molar-refractivity contribution in [3.8, 4) is 0 Å². The van der Waals surface area contributed by atoms with Crippen LogP contribution in [-0.4, -0.2) is 54.2 Å². The summed E-state index contributed by atoms with van der Waals surface area (Å²) in [7, 11) is 0. The Morgan fingerprint density at radius 3 is 2.37 bits per heavy atom. The lowest BCUT2D eigenvalue weighted by molar-refractivity contribution is 0.0149. The van der Waals surface area contributed by atoms with E-state index in [9.17, 15) is 4.79 Å². The number of halogens is 1. The lowest BCUT2D eigenvalue weighted by Gasteiger charge is -2.48. The highest BCUT2D eigenvalue weighted by atomic mass is 35.5. The highest BCUT2D eigenvalue weighted by Crippen LogP contribution is 2.55. The second-order valence-electron chi connectivity index (χ2n) is 10.4. The van der Waals surface area contributed by atoms with Crippen LogP contribution in [0.2, 0.25) is 5.02 Å². The van der Waals surface area contributed by atoms with Gasteiger partial charge in [-0.25, -0.2) is 4.79 Å². The molecule has 4 nitrogen and oxygen atoms in total. The van der Waals surface area contributed by atoms with Crippen LogP contribution in [0.25, 0.3) is 0 Å². The molecule has 1 aliphatic heterocycles. The van der Waals surface area contributed by atoms with Gasteiger partial charge in [0.15, 0.2) is 0 Å². The molecular weight excluding hydrogens is 396 g/mol. The van der Waals surface area contributed by atoms with Crippen molar-refractivity contribution in [1.82, 2.24) is 9.80 Å². The van der Waals surface area contributed by atoms with Gasteiger partial charge in [-0.2, -0.15) is 0 Å². The molecule has 1 unspecified atom stereocenters. The molecule has 1 heterocycles. The first-order valence-electron chi connectivity index (χ1n) is 11.4. The number of carbonyl (C=O) groups excluding carboxylic acids is 1. The predicted molar refractivity (Wildman–Crippen MR) is 122 cm³/mol. The van der Waals surface area contributed by atoms with Crippen LogP contribution < -0.4 is 0 Å².